The molecule has 0 aliphatic rings. The number of phenols is 1. The highest BCUT2D eigenvalue weighted by Crippen LogP contribution is 2.38. The van der Waals surface area contributed by atoms with E-state index in [1.54, 1.807) is 18.2 Å². The second-order valence-electron chi connectivity index (χ2n) is 5.73. The Kier molecular flexibility index (Phi) is 5.96. The predicted molar refractivity (Wildman–Crippen MR) is 109 cm³/mol. The second kappa shape index (κ2) is 8.58. The zero-order valence-electron chi connectivity index (χ0n) is 15.6. The fraction of sp³-hybridized carbons (Fsp3) is 0.143. The number of carbonyl (C=O) groups is 1. The van der Waals surface area contributed by atoms with Crippen LogP contribution in [0.2, 0.25) is 0 Å². The third-order valence-corrected chi connectivity index (χ3v) is 4.90. The van der Waals surface area contributed by atoms with Crippen LogP contribution in [0, 0.1) is 0 Å². The molecular weight excluding hydrogens is 378 g/mol. The van der Waals surface area contributed by atoms with Crippen LogP contribution in [-0.4, -0.2) is 37.4 Å². The quantitative estimate of drug-likeness (QED) is 0.495. The van der Waals surface area contributed by atoms with Crippen LogP contribution in [-0.2, 0) is 9.53 Å². The maximum atomic E-state index is 12.4. The lowest BCUT2D eigenvalue weighted by Gasteiger charge is -2.10. The highest BCUT2D eigenvalue weighted by atomic mass is 32.1. The topological polar surface area (TPSA) is 77.9 Å². The molecular formula is C21H19NO5S. The number of esters is 1. The molecule has 0 aliphatic carbocycles. The van der Waals surface area contributed by atoms with Crippen molar-refractivity contribution in [2.45, 2.75) is 0 Å². The summed E-state index contributed by atoms with van der Waals surface area (Å²) in [7, 11) is 4.20. The van der Waals surface area contributed by atoms with E-state index >= 15 is 0 Å². The fourth-order valence-corrected chi connectivity index (χ4v) is 3.45. The van der Waals surface area contributed by atoms with Crippen LogP contribution >= 0.6 is 11.3 Å². The van der Waals surface area contributed by atoms with E-state index in [2.05, 4.69) is 4.98 Å². The summed E-state index contributed by atoms with van der Waals surface area (Å²) >= 11 is 1.35. The Bertz CT molecular complexity index is 986. The molecule has 1 heterocycles. The SMILES string of the molecule is COC(=O)/C(=C\c1cc(OC)c(O)c(OC)c1)c1nc(-c2ccccc2)cs1. The summed E-state index contributed by atoms with van der Waals surface area (Å²) in [6, 6.07) is 12.9. The van der Waals surface area contributed by atoms with E-state index in [4.69, 9.17) is 14.2 Å². The van der Waals surface area contributed by atoms with Crippen LogP contribution in [0.5, 0.6) is 17.2 Å². The molecule has 0 saturated carbocycles. The van der Waals surface area contributed by atoms with Gasteiger partial charge in [0, 0.05) is 10.9 Å². The van der Waals surface area contributed by atoms with Gasteiger partial charge in [0.05, 0.1) is 32.6 Å². The lowest BCUT2D eigenvalue weighted by atomic mass is 10.1. The normalized spacial score (nSPS) is 11.2. The minimum absolute atomic E-state index is 0.109. The van der Waals surface area contributed by atoms with E-state index in [1.165, 1.54) is 32.7 Å². The summed E-state index contributed by atoms with van der Waals surface area (Å²) in [5.74, 6) is -0.153. The number of aromatic hydroxyl groups is 1. The molecule has 0 spiro atoms. The molecule has 0 bridgehead atoms. The first-order valence-corrected chi connectivity index (χ1v) is 9.21. The van der Waals surface area contributed by atoms with Crippen LogP contribution in [0.3, 0.4) is 0 Å². The lowest BCUT2D eigenvalue weighted by molar-refractivity contribution is -0.133. The van der Waals surface area contributed by atoms with E-state index in [1.807, 2.05) is 35.7 Å². The number of aromatic nitrogens is 1. The van der Waals surface area contributed by atoms with Gasteiger partial charge >= 0.3 is 5.97 Å². The van der Waals surface area contributed by atoms with E-state index in [9.17, 15) is 9.90 Å². The Balaban J connectivity index is 2.07. The van der Waals surface area contributed by atoms with Crippen molar-refractivity contribution >= 4 is 29.0 Å². The summed E-state index contributed by atoms with van der Waals surface area (Å²) in [5.41, 5.74) is 2.63. The molecule has 2 aromatic carbocycles. The molecule has 144 valence electrons. The summed E-state index contributed by atoms with van der Waals surface area (Å²) in [6.07, 6.45) is 1.63. The first-order chi connectivity index (χ1) is 13.6. The van der Waals surface area contributed by atoms with Gasteiger partial charge in [0.2, 0.25) is 5.75 Å². The van der Waals surface area contributed by atoms with Gasteiger partial charge in [-0.15, -0.1) is 11.3 Å². The molecule has 7 heteroatoms. The molecule has 0 fully saturated rings. The first kappa shape index (κ1) is 19.4. The highest BCUT2D eigenvalue weighted by molar-refractivity contribution is 7.11. The predicted octanol–water partition coefficient (Wildman–Crippen LogP) is 4.25. The van der Waals surface area contributed by atoms with Gasteiger partial charge in [-0.05, 0) is 23.8 Å². The van der Waals surface area contributed by atoms with Crippen LogP contribution < -0.4 is 9.47 Å². The van der Waals surface area contributed by atoms with Crippen molar-refractivity contribution in [3.8, 4) is 28.5 Å². The Hall–Kier alpha value is -3.32. The molecule has 28 heavy (non-hydrogen) atoms. The molecule has 1 N–H and O–H groups in total. The first-order valence-electron chi connectivity index (χ1n) is 8.33. The lowest BCUT2D eigenvalue weighted by Crippen LogP contribution is -2.04. The van der Waals surface area contributed by atoms with E-state index in [0.717, 1.165) is 11.3 Å². The third kappa shape index (κ3) is 3.99. The molecule has 3 rings (SSSR count). The van der Waals surface area contributed by atoms with Crippen molar-refractivity contribution in [2.75, 3.05) is 21.3 Å². The van der Waals surface area contributed by atoms with Gasteiger partial charge in [0.15, 0.2) is 11.5 Å². The number of phenolic OH excluding ortho intramolecular Hbond substituents is 1. The average Bonchev–Trinajstić information content (AvgIpc) is 3.22. The third-order valence-electron chi connectivity index (χ3n) is 4.02. The Morgan fingerprint density at radius 2 is 1.71 bits per heavy atom. The monoisotopic (exact) mass is 397 g/mol. The van der Waals surface area contributed by atoms with Gasteiger partial charge in [-0.2, -0.15) is 0 Å². The highest BCUT2D eigenvalue weighted by Gasteiger charge is 2.19. The van der Waals surface area contributed by atoms with E-state index < -0.39 is 5.97 Å². The number of benzene rings is 2. The van der Waals surface area contributed by atoms with E-state index in [-0.39, 0.29) is 17.2 Å². The fourth-order valence-electron chi connectivity index (χ4n) is 2.62. The molecule has 6 nitrogen and oxygen atoms in total. The molecule has 3 aromatic rings. The second-order valence-corrected chi connectivity index (χ2v) is 6.59. The van der Waals surface area contributed by atoms with Crippen LogP contribution in [0.1, 0.15) is 10.6 Å². The number of thiazole rings is 1. The van der Waals surface area contributed by atoms with Crippen molar-refractivity contribution in [1.82, 2.24) is 4.98 Å². The molecule has 0 atom stereocenters. The van der Waals surface area contributed by atoms with Crippen LogP contribution in [0.25, 0.3) is 22.9 Å². The van der Waals surface area contributed by atoms with Crippen LogP contribution in [0.15, 0.2) is 47.8 Å². The molecule has 0 radical (unpaired) electrons. The van der Waals surface area contributed by atoms with Gasteiger partial charge < -0.3 is 19.3 Å². The number of hydrogen-bond acceptors (Lipinski definition) is 7. The van der Waals surface area contributed by atoms with Crippen molar-refractivity contribution in [2.24, 2.45) is 0 Å². The Labute approximate surface area is 166 Å². The maximum Gasteiger partial charge on any atom is 0.340 e. The number of carbonyl (C=O) groups excluding carboxylic acids is 1. The standard InChI is InChI=1S/C21H19NO5S/c1-25-17-10-13(11-18(26-2)19(17)23)9-15(21(24)27-3)20-22-16(12-28-20)14-7-5-4-6-8-14/h4-12,23H,1-3H3/b15-9-. The minimum Gasteiger partial charge on any atom is -0.502 e. The summed E-state index contributed by atoms with van der Waals surface area (Å²) in [6.45, 7) is 0. The Morgan fingerprint density at radius 3 is 2.29 bits per heavy atom. The molecule has 0 unspecified atom stereocenters. The van der Waals surface area contributed by atoms with Crippen molar-refractivity contribution in [1.29, 1.82) is 0 Å². The number of methoxy groups -OCH3 is 3. The molecule has 1 aromatic heterocycles. The summed E-state index contributed by atoms with van der Waals surface area (Å²) in [5, 5.41) is 12.5. The van der Waals surface area contributed by atoms with Gasteiger partial charge in [-0.1, -0.05) is 30.3 Å². The van der Waals surface area contributed by atoms with Gasteiger partial charge in [0.1, 0.15) is 5.01 Å². The molecule has 0 aliphatic heterocycles. The zero-order chi connectivity index (χ0) is 20.1. The van der Waals surface area contributed by atoms with Crippen molar-refractivity contribution in [3.63, 3.8) is 0 Å². The summed E-state index contributed by atoms with van der Waals surface area (Å²) < 4.78 is 15.3. The van der Waals surface area contributed by atoms with Crippen molar-refractivity contribution < 1.29 is 24.1 Å². The molecule has 0 saturated heterocycles. The smallest absolute Gasteiger partial charge is 0.340 e. The number of ether oxygens (including phenoxy) is 3. The van der Waals surface area contributed by atoms with Gasteiger partial charge in [-0.3, -0.25) is 0 Å². The zero-order valence-corrected chi connectivity index (χ0v) is 16.4. The number of hydrogen-bond donors (Lipinski definition) is 1. The largest absolute Gasteiger partial charge is 0.502 e. The van der Waals surface area contributed by atoms with Crippen molar-refractivity contribution in [3.05, 3.63) is 58.4 Å². The Morgan fingerprint density at radius 1 is 1.07 bits per heavy atom. The summed E-state index contributed by atoms with van der Waals surface area (Å²) in [4.78, 5) is 17.0. The van der Waals surface area contributed by atoms with Gasteiger partial charge in [0.25, 0.3) is 0 Å². The number of rotatable bonds is 6. The minimum atomic E-state index is -0.514. The average molecular weight is 397 g/mol. The number of nitrogens with zero attached hydrogens (tertiary/aromatic N) is 1. The maximum absolute atomic E-state index is 12.4. The van der Waals surface area contributed by atoms with Gasteiger partial charge in [-0.25, -0.2) is 9.78 Å². The van der Waals surface area contributed by atoms with Crippen LogP contribution in [0.4, 0.5) is 0 Å². The molecule has 0 amide bonds. The van der Waals surface area contributed by atoms with E-state index in [0.29, 0.717) is 16.1 Å².